The third-order valence-electron chi connectivity index (χ3n) is 5.17. The van der Waals surface area contributed by atoms with Gasteiger partial charge >= 0.3 is 11.8 Å². The molecule has 2 fully saturated rings. The molecule has 142 valence electrons. The van der Waals surface area contributed by atoms with Crippen molar-refractivity contribution in [1.29, 1.82) is 0 Å². The fourth-order valence-electron chi connectivity index (χ4n) is 3.61. The van der Waals surface area contributed by atoms with Crippen LogP contribution in [0.1, 0.15) is 25.7 Å². The van der Waals surface area contributed by atoms with Crippen molar-refractivity contribution in [2.24, 2.45) is 0 Å². The topological polar surface area (TPSA) is 64.7 Å². The number of hydrogen-bond acceptors (Lipinski definition) is 4. The number of rotatable bonds is 5. The Balaban J connectivity index is 1.32. The van der Waals surface area contributed by atoms with Crippen molar-refractivity contribution in [3.63, 3.8) is 0 Å². The molecule has 1 heterocycles. The molecule has 3 rings (SSSR count). The normalized spacial score (nSPS) is 18.7. The van der Waals surface area contributed by atoms with Crippen molar-refractivity contribution >= 4 is 29.1 Å². The van der Waals surface area contributed by atoms with E-state index in [2.05, 4.69) is 20.4 Å². The molecule has 1 saturated carbocycles. The maximum absolute atomic E-state index is 11.9. The van der Waals surface area contributed by atoms with E-state index in [4.69, 9.17) is 11.6 Å². The lowest BCUT2D eigenvalue weighted by molar-refractivity contribution is -0.139. The molecule has 0 radical (unpaired) electrons. The Bertz CT molecular complexity index is 608. The van der Waals surface area contributed by atoms with Crippen molar-refractivity contribution in [2.45, 2.75) is 31.7 Å². The zero-order valence-electron chi connectivity index (χ0n) is 15.0. The van der Waals surface area contributed by atoms with Gasteiger partial charge in [0.15, 0.2) is 0 Å². The average molecular weight is 379 g/mol. The first kappa shape index (κ1) is 19.0. The van der Waals surface area contributed by atoms with Crippen LogP contribution in [0.15, 0.2) is 24.3 Å². The summed E-state index contributed by atoms with van der Waals surface area (Å²) < 4.78 is 0. The van der Waals surface area contributed by atoms with E-state index in [1.54, 1.807) is 0 Å². The SMILES string of the molecule is O=C(NCCN1CCN(c2ccc(Cl)cc2)CC1)C(=O)NC1CCCC1. The average Bonchev–Trinajstić information content (AvgIpc) is 3.16. The fourth-order valence-corrected chi connectivity index (χ4v) is 3.74. The molecule has 0 aromatic heterocycles. The van der Waals surface area contributed by atoms with Gasteiger partial charge in [0.05, 0.1) is 0 Å². The summed E-state index contributed by atoms with van der Waals surface area (Å²) in [6, 6.07) is 8.09. The second-order valence-corrected chi connectivity index (χ2v) is 7.45. The predicted molar refractivity (Wildman–Crippen MR) is 104 cm³/mol. The smallest absolute Gasteiger partial charge is 0.309 e. The van der Waals surface area contributed by atoms with Gasteiger partial charge in [0.2, 0.25) is 0 Å². The molecular weight excluding hydrogens is 352 g/mol. The Kier molecular flexibility index (Phi) is 6.74. The Morgan fingerprint density at radius 3 is 2.31 bits per heavy atom. The van der Waals surface area contributed by atoms with Crippen LogP contribution < -0.4 is 15.5 Å². The van der Waals surface area contributed by atoms with Crippen molar-refractivity contribution < 1.29 is 9.59 Å². The highest BCUT2D eigenvalue weighted by Crippen LogP contribution is 2.19. The molecule has 0 atom stereocenters. The van der Waals surface area contributed by atoms with Crippen LogP contribution in [0, 0.1) is 0 Å². The third kappa shape index (κ3) is 5.35. The maximum Gasteiger partial charge on any atom is 0.309 e. The van der Waals surface area contributed by atoms with Crippen LogP contribution in [0.4, 0.5) is 5.69 Å². The highest BCUT2D eigenvalue weighted by atomic mass is 35.5. The van der Waals surface area contributed by atoms with Gasteiger partial charge in [-0.25, -0.2) is 0 Å². The summed E-state index contributed by atoms with van der Waals surface area (Å²) in [6.07, 6.45) is 4.23. The van der Waals surface area contributed by atoms with E-state index in [9.17, 15) is 9.59 Å². The third-order valence-corrected chi connectivity index (χ3v) is 5.43. The highest BCUT2D eigenvalue weighted by Gasteiger charge is 2.22. The molecule has 1 aromatic rings. The molecule has 2 amide bonds. The summed E-state index contributed by atoms with van der Waals surface area (Å²) >= 11 is 5.94. The number of nitrogens with one attached hydrogen (secondary N) is 2. The van der Waals surface area contributed by atoms with Crippen LogP contribution >= 0.6 is 11.6 Å². The van der Waals surface area contributed by atoms with E-state index in [1.807, 2.05) is 24.3 Å². The number of amides is 2. The molecular formula is C19H27ClN4O2. The van der Waals surface area contributed by atoms with Crippen LogP contribution in [-0.4, -0.2) is 62.0 Å². The number of carbonyl (C=O) groups is 2. The van der Waals surface area contributed by atoms with Gasteiger partial charge in [-0.1, -0.05) is 24.4 Å². The number of benzene rings is 1. The van der Waals surface area contributed by atoms with Crippen LogP contribution in [0.5, 0.6) is 0 Å². The summed E-state index contributed by atoms with van der Waals surface area (Å²) in [7, 11) is 0. The van der Waals surface area contributed by atoms with E-state index < -0.39 is 11.8 Å². The van der Waals surface area contributed by atoms with Crippen molar-refractivity contribution in [2.75, 3.05) is 44.2 Å². The van der Waals surface area contributed by atoms with Gasteiger partial charge in [0.1, 0.15) is 0 Å². The number of nitrogens with zero attached hydrogens (tertiary/aromatic N) is 2. The Labute approximate surface area is 159 Å². The highest BCUT2D eigenvalue weighted by molar-refractivity contribution is 6.35. The molecule has 26 heavy (non-hydrogen) atoms. The molecule has 2 N–H and O–H groups in total. The summed E-state index contributed by atoms with van der Waals surface area (Å²) in [5.74, 6) is -1.01. The Morgan fingerprint density at radius 1 is 1.00 bits per heavy atom. The molecule has 0 bridgehead atoms. The summed E-state index contributed by atoms with van der Waals surface area (Å²) in [5.41, 5.74) is 1.19. The summed E-state index contributed by atoms with van der Waals surface area (Å²) in [5, 5.41) is 6.30. The standard InChI is InChI=1S/C19H27ClN4O2/c20-15-5-7-17(8-6-15)24-13-11-23(12-14-24)10-9-21-18(25)19(26)22-16-3-1-2-4-16/h5-8,16H,1-4,9-14H2,(H,21,25)(H,22,26). The zero-order valence-corrected chi connectivity index (χ0v) is 15.8. The van der Waals surface area contributed by atoms with Crippen molar-refractivity contribution in [1.82, 2.24) is 15.5 Å². The van der Waals surface area contributed by atoms with E-state index in [-0.39, 0.29) is 6.04 Å². The van der Waals surface area contributed by atoms with E-state index in [0.29, 0.717) is 6.54 Å². The minimum Gasteiger partial charge on any atom is -0.369 e. The lowest BCUT2D eigenvalue weighted by Crippen LogP contribution is -2.50. The fraction of sp³-hybridized carbons (Fsp3) is 0.579. The van der Waals surface area contributed by atoms with Crippen molar-refractivity contribution in [3.05, 3.63) is 29.3 Å². The first-order valence-corrected chi connectivity index (χ1v) is 9.81. The molecule has 1 aromatic carbocycles. The van der Waals surface area contributed by atoms with Gasteiger partial charge in [-0.05, 0) is 37.1 Å². The predicted octanol–water partition coefficient (Wildman–Crippen LogP) is 1.64. The number of halogens is 1. The van der Waals surface area contributed by atoms with Crippen molar-refractivity contribution in [3.8, 4) is 0 Å². The second kappa shape index (κ2) is 9.24. The molecule has 0 unspecified atom stereocenters. The van der Waals surface area contributed by atoms with Crippen LogP contribution in [0.3, 0.4) is 0 Å². The van der Waals surface area contributed by atoms with E-state index in [0.717, 1.165) is 63.4 Å². The minimum atomic E-state index is -0.517. The summed E-state index contributed by atoms with van der Waals surface area (Å²) in [4.78, 5) is 28.4. The Morgan fingerprint density at radius 2 is 1.65 bits per heavy atom. The molecule has 7 heteroatoms. The molecule has 2 aliphatic rings. The Hall–Kier alpha value is -1.79. The van der Waals surface area contributed by atoms with Gasteiger partial charge in [-0.15, -0.1) is 0 Å². The lowest BCUT2D eigenvalue weighted by atomic mass is 10.2. The molecule has 1 aliphatic heterocycles. The molecule has 0 spiro atoms. The van der Waals surface area contributed by atoms with Crippen LogP contribution in [0.25, 0.3) is 0 Å². The lowest BCUT2D eigenvalue weighted by Gasteiger charge is -2.36. The number of piperazine rings is 1. The first-order chi connectivity index (χ1) is 12.6. The zero-order chi connectivity index (χ0) is 18.4. The van der Waals surface area contributed by atoms with Gasteiger partial charge < -0.3 is 15.5 Å². The van der Waals surface area contributed by atoms with Gasteiger partial charge in [-0.3, -0.25) is 14.5 Å². The summed E-state index contributed by atoms with van der Waals surface area (Å²) in [6.45, 7) is 5.02. The van der Waals surface area contributed by atoms with E-state index >= 15 is 0 Å². The van der Waals surface area contributed by atoms with Gasteiger partial charge in [-0.2, -0.15) is 0 Å². The van der Waals surface area contributed by atoms with E-state index in [1.165, 1.54) is 5.69 Å². The van der Waals surface area contributed by atoms with Crippen LogP contribution in [0.2, 0.25) is 5.02 Å². The van der Waals surface area contributed by atoms with Crippen LogP contribution in [-0.2, 0) is 9.59 Å². The number of anilines is 1. The quantitative estimate of drug-likeness (QED) is 0.764. The molecule has 6 nitrogen and oxygen atoms in total. The number of carbonyl (C=O) groups excluding carboxylic acids is 2. The molecule has 1 aliphatic carbocycles. The molecule has 1 saturated heterocycles. The van der Waals surface area contributed by atoms with Gasteiger partial charge in [0, 0.05) is 56.0 Å². The number of hydrogen-bond donors (Lipinski definition) is 2. The maximum atomic E-state index is 11.9. The van der Waals surface area contributed by atoms with Gasteiger partial charge in [0.25, 0.3) is 0 Å². The first-order valence-electron chi connectivity index (χ1n) is 9.43. The monoisotopic (exact) mass is 378 g/mol. The minimum absolute atomic E-state index is 0.175. The largest absolute Gasteiger partial charge is 0.369 e. The second-order valence-electron chi connectivity index (χ2n) is 7.02.